The Morgan fingerprint density at radius 1 is 1.57 bits per heavy atom. The standard InChI is InChI=1S/C12H16O2/c1-9-7-11(9)8-14-12(13)10-5-3-2-4-6-10/h5,11H,1-4,6-8H2/t11-/m1/s1. The molecule has 0 aromatic heterocycles. The molecule has 1 atom stereocenters. The summed E-state index contributed by atoms with van der Waals surface area (Å²) in [6.45, 7) is 4.37. The van der Waals surface area contributed by atoms with Gasteiger partial charge in [0.15, 0.2) is 0 Å². The van der Waals surface area contributed by atoms with Crippen LogP contribution in [0.5, 0.6) is 0 Å². The Labute approximate surface area is 84.6 Å². The van der Waals surface area contributed by atoms with E-state index in [1.807, 2.05) is 6.08 Å². The molecule has 0 aliphatic heterocycles. The molecule has 2 heteroatoms. The fourth-order valence-electron chi connectivity index (χ4n) is 1.73. The van der Waals surface area contributed by atoms with Gasteiger partial charge in [-0.3, -0.25) is 0 Å². The van der Waals surface area contributed by atoms with E-state index < -0.39 is 0 Å². The minimum Gasteiger partial charge on any atom is -0.462 e. The topological polar surface area (TPSA) is 26.3 Å². The molecule has 14 heavy (non-hydrogen) atoms. The van der Waals surface area contributed by atoms with Gasteiger partial charge in [0.25, 0.3) is 0 Å². The molecule has 0 saturated heterocycles. The lowest BCUT2D eigenvalue weighted by Gasteiger charge is -2.11. The predicted molar refractivity (Wildman–Crippen MR) is 54.8 cm³/mol. The molecule has 0 spiro atoms. The van der Waals surface area contributed by atoms with Crippen molar-refractivity contribution in [3.05, 3.63) is 23.8 Å². The van der Waals surface area contributed by atoms with Crippen LogP contribution in [-0.4, -0.2) is 12.6 Å². The van der Waals surface area contributed by atoms with Gasteiger partial charge >= 0.3 is 5.97 Å². The fraction of sp³-hybridized carbons (Fsp3) is 0.583. The third kappa shape index (κ3) is 2.25. The van der Waals surface area contributed by atoms with Crippen molar-refractivity contribution >= 4 is 5.97 Å². The second kappa shape index (κ2) is 3.99. The Balaban J connectivity index is 1.77. The lowest BCUT2D eigenvalue weighted by Crippen LogP contribution is -2.11. The van der Waals surface area contributed by atoms with Gasteiger partial charge in [-0.1, -0.05) is 18.2 Å². The van der Waals surface area contributed by atoms with Crippen LogP contribution in [0.2, 0.25) is 0 Å². The van der Waals surface area contributed by atoms with Crippen molar-refractivity contribution in [1.29, 1.82) is 0 Å². The third-order valence-electron chi connectivity index (χ3n) is 2.89. The Kier molecular flexibility index (Phi) is 2.71. The summed E-state index contributed by atoms with van der Waals surface area (Å²) in [7, 11) is 0. The van der Waals surface area contributed by atoms with Crippen LogP contribution in [0.15, 0.2) is 23.8 Å². The summed E-state index contributed by atoms with van der Waals surface area (Å²) in [6.07, 6.45) is 7.30. The summed E-state index contributed by atoms with van der Waals surface area (Å²) in [4.78, 5) is 11.5. The zero-order valence-corrected chi connectivity index (χ0v) is 8.42. The molecule has 1 saturated carbocycles. The molecule has 0 aromatic carbocycles. The Morgan fingerprint density at radius 2 is 2.36 bits per heavy atom. The number of hydrogen-bond acceptors (Lipinski definition) is 2. The molecule has 0 N–H and O–H groups in total. The Bertz CT molecular complexity index is 289. The molecule has 76 valence electrons. The monoisotopic (exact) mass is 192 g/mol. The first-order chi connectivity index (χ1) is 6.77. The molecule has 0 radical (unpaired) electrons. The van der Waals surface area contributed by atoms with E-state index in [1.54, 1.807) is 0 Å². The van der Waals surface area contributed by atoms with Crippen molar-refractivity contribution < 1.29 is 9.53 Å². The van der Waals surface area contributed by atoms with E-state index in [1.165, 1.54) is 12.0 Å². The maximum absolute atomic E-state index is 11.5. The summed E-state index contributed by atoms with van der Waals surface area (Å²) in [5.74, 6) is 0.340. The van der Waals surface area contributed by atoms with E-state index in [4.69, 9.17) is 4.74 Å². The second-order valence-electron chi connectivity index (χ2n) is 4.13. The van der Waals surface area contributed by atoms with Crippen molar-refractivity contribution in [2.24, 2.45) is 5.92 Å². The zero-order valence-electron chi connectivity index (χ0n) is 8.42. The molecule has 0 amide bonds. The van der Waals surface area contributed by atoms with Crippen molar-refractivity contribution in [2.75, 3.05) is 6.61 Å². The second-order valence-corrected chi connectivity index (χ2v) is 4.13. The van der Waals surface area contributed by atoms with Gasteiger partial charge < -0.3 is 4.74 Å². The number of rotatable bonds is 3. The van der Waals surface area contributed by atoms with Gasteiger partial charge in [-0.05, 0) is 32.1 Å². The lowest BCUT2D eigenvalue weighted by atomic mass is 10.00. The largest absolute Gasteiger partial charge is 0.462 e. The van der Waals surface area contributed by atoms with Crippen LogP contribution in [0.1, 0.15) is 32.1 Å². The summed E-state index contributed by atoms with van der Waals surface area (Å²) < 4.78 is 5.21. The summed E-state index contributed by atoms with van der Waals surface area (Å²) in [5, 5.41) is 0. The van der Waals surface area contributed by atoms with Crippen LogP contribution in [0.4, 0.5) is 0 Å². The van der Waals surface area contributed by atoms with Crippen molar-refractivity contribution in [1.82, 2.24) is 0 Å². The van der Waals surface area contributed by atoms with Crippen molar-refractivity contribution in [2.45, 2.75) is 32.1 Å². The average molecular weight is 192 g/mol. The predicted octanol–water partition coefficient (Wildman–Crippen LogP) is 2.61. The van der Waals surface area contributed by atoms with Crippen molar-refractivity contribution in [3.63, 3.8) is 0 Å². The van der Waals surface area contributed by atoms with E-state index >= 15 is 0 Å². The molecular formula is C12H16O2. The number of esters is 1. The van der Waals surface area contributed by atoms with Crippen LogP contribution in [0.3, 0.4) is 0 Å². The fourth-order valence-corrected chi connectivity index (χ4v) is 1.73. The SMILES string of the molecule is C=C1C[C@@H]1COC(=O)C1=CCCCC1. The van der Waals surface area contributed by atoms with Gasteiger partial charge in [0, 0.05) is 11.5 Å². The number of carbonyl (C=O) groups excluding carboxylic acids is 1. The number of allylic oxidation sites excluding steroid dienone is 1. The highest BCUT2D eigenvalue weighted by atomic mass is 16.5. The Hall–Kier alpha value is -1.05. The maximum atomic E-state index is 11.5. The van der Waals surface area contributed by atoms with Gasteiger partial charge in [-0.15, -0.1) is 0 Å². The van der Waals surface area contributed by atoms with E-state index in [0.29, 0.717) is 12.5 Å². The minimum atomic E-state index is -0.107. The van der Waals surface area contributed by atoms with E-state index in [9.17, 15) is 4.79 Å². The van der Waals surface area contributed by atoms with Crippen molar-refractivity contribution in [3.8, 4) is 0 Å². The summed E-state index contributed by atoms with van der Waals surface area (Å²) in [5.41, 5.74) is 2.10. The van der Waals surface area contributed by atoms with Crippen LogP contribution in [0.25, 0.3) is 0 Å². The highest BCUT2D eigenvalue weighted by molar-refractivity contribution is 5.88. The average Bonchev–Trinajstić information content (AvgIpc) is 2.92. The highest BCUT2D eigenvalue weighted by Gasteiger charge is 2.29. The Morgan fingerprint density at radius 3 is 2.93 bits per heavy atom. The molecule has 0 heterocycles. The summed E-state index contributed by atoms with van der Waals surface area (Å²) >= 11 is 0. The van der Waals surface area contributed by atoms with Crippen LogP contribution < -0.4 is 0 Å². The molecule has 0 bridgehead atoms. The minimum absolute atomic E-state index is 0.107. The summed E-state index contributed by atoms with van der Waals surface area (Å²) in [6, 6.07) is 0. The van der Waals surface area contributed by atoms with E-state index in [0.717, 1.165) is 31.3 Å². The molecule has 2 nitrogen and oxygen atoms in total. The number of hydrogen-bond donors (Lipinski definition) is 0. The van der Waals surface area contributed by atoms with Gasteiger partial charge in [0.05, 0.1) is 6.61 Å². The molecule has 2 aliphatic carbocycles. The van der Waals surface area contributed by atoms with Crippen LogP contribution in [0, 0.1) is 5.92 Å². The smallest absolute Gasteiger partial charge is 0.333 e. The quantitative estimate of drug-likeness (QED) is 0.507. The normalized spacial score (nSPS) is 25.6. The number of ether oxygens (including phenoxy) is 1. The van der Waals surface area contributed by atoms with Gasteiger partial charge in [0.1, 0.15) is 0 Å². The first-order valence-electron chi connectivity index (χ1n) is 5.31. The molecule has 2 rings (SSSR count). The first-order valence-corrected chi connectivity index (χ1v) is 5.31. The van der Waals surface area contributed by atoms with Crippen LogP contribution >= 0.6 is 0 Å². The third-order valence-corrected chi connectivity index (χ3v) is 2.89. The molecule has 0 aromatic rings. The zero-order chi connectivity index (χ0) is 9.97. The van der Waals surface area contributed by atoms with E-state index in [2.05, 4.69) is 6.58 Å². The van der Waals surface area contributed by atoms with Gasteiger partial charge in [-0.2, -0.15) is 0 Å². The number of carbonyl (C=O) groups is 1. The molecule has 2 aliphatic rings. The van der Waals surface area contributed by atoms with Gasteiger partial charge in [0.2, 0.25) is 0 Å². The highest BCUT2D eigenvalue weighted by Crippen LogP contribution is 2.35. The van der Waals surface area contributed by atoms with Gasteiger partial charge in [-0.25, -0.2) is 4.79 Å². The first kappa shape index (κ1) is 9.50. The molecule has 1 fully saturated rings. The van der Waals surface area contributed by atoms with Crippen LogP contribution in [-0.2, 0) is 9.53 Å². The van der Waals surface area contributed by atoms with E-state index in [-0.39, 0.29) is 5.97 Å². The maximum Gasteiger partial charge on any atom is 0.333 e. The lowest BCUT2D eigenvalue weighted by molar-refractivity contribution is -0.139. The molecular weight excluding hydrogens is 176 g/mol. The molecule has 0 unspecified atom stereocenters.